The highest BCUT2D eigenvalue weighted by atomic mass is 19.4. The topological polar surface area (TPSA) is 18.5 Å². The van der Waals surface area contributed by atoms with Crippen molar-refractivity contribution in [3.63, 3.8) is 0 Å². The molecule has 4 atom stereocenters. The zero-order chi connectivity index (χ0) is 20.0. The second-order valence-electron chi connectivity index (χ2n) is 9.49. The molecule has 0 bridgehead atoms. The second kappa shape index (κ2) is 7.68. The van der Waals surface area contributed by atoms with Crippen molar-refractivity contribution in [2.45, 2.75) is 69.6 Å². The maximum atomic E-state index is 13.6. The Bertz CT molecular complexity index is 714. The van der Waals surface area contributed by atoms with Gasteiger partial charge in [-0.2, -0.15) is 13.2 Å². The molecule has 2 aliphatic heterocycles. The van der Waals surface area contributed by atoms with Gasteiger partial charge in [0.25, 0.3) is 0 Å². The third-order valence-corrected chi connectivity index (χ3v) is 8.13. The Morgan fingerprint density at radius 3 is 2.38 bits per heavy atom. The molecule has 4 aliphatic rings. The summed E-state index contributed by atoms with van der Waals surface area (Å²) in [6.45, 7) is 2.91. The summed E-state index contributed by atoms with van der Waals surface area (Å²) >= 11 is 0. The van der Waals surface area contributed by atoms with Crippen molar-refractivity contribution in [2.24, 2.45) is 17.8 Å². The molecule has 5 rings (SSSR count). The number of para-hydroxylation sites is 2. The minimum absolute atomic E-state index is 0.144. The number of nitrogens with zero attached hydrogens (tertiary/aromatic N) is 2. The highest BCUT2D eigenvalue weighted by Gasteiger charge is 2.52. The van der Waals surface area contributed by atoms with Gasteiger partial charge < -0.3 is 10.2 Å². The maximum Gasteiger partial charge on any atom is 0.392 e. The van der Waals surface area contributed by atoms with Crippen LogP contribution >= 0.6 is 0 Å². The monoisotopic (exact) mass is 407 g/mol. The first-order chi connectivity index (χ1) is 14.0. The Balaban J connectivity index is 1.24. The first-order valence-electron chi connectivity index (χ1n) is 11.4. The van der Waals surface area contributed by atoms with E-state index in [-0.39, 0.29) is 11.8 Å². The molecule has 2 aliphatic carbocycles. The van der Waals surface area contributed by atoms with Gasteiger partial charge in [-0.3, -0.25) is 4.90 Å². The summed E-state index contributed by atoms with van der Waals surface area (Å²) in [7, 11) is 0. The van der Waals surface area contributed by atoms with Gasteiger partial charge >= 0.3 is 6.18 Å². The van der Waals surface area contributed by atoms with Crippen molar-refractivity contribution in [2.75, 3.05) is 30.0 Å². The average Bonchev–Trinajstić information content (AvgIpc) is 3.16. The van der Waals surface area contributed by atoms with Crippen molar-refractivity contribution < 1.29 is 13.2 Å². The third-order valence-electron chi connectivity index (χ3n) is 8.13. The quantitative estimate of drug-likeness (QED) is 0.700. The van der Waals surface area contributed by atoms with E-state index in [9.17, 15) is 13.2 Å². The molecular weight excluding hydrogens is 375 g/mol. The van der Waals surface area contributed by atoms with Crippen LogP contribution in [0.1, 0.15) is 51.4 Å². The number of fused-ring (bicyclic) bond motifs is 2. The van der Waals surface area contributed by atoms with E-state index >= 15 is 0 Å². The molecule has 1 aromatic carbocycles. The molecule has 3 nitrogen and oxygen atoms in total. The van der Waals surface area contributed by atoms with Gasteiger partial charge in [0, 0.05) is 25.2 Å². The number of piperidine rings is 1. The number of nitrogens with one attached hydrogen (secondary N) is 1. The number of halogens is 3. The molecule has 4 unspecified atom stereocenters. The lowest BCUT2D eigenvalue weighted by Crippen LogP contribution is -2.54. The van der Waals surface area contributed by atoms with Crippen molar-refractivity contribution >= 4 is 11.4 Å². The van der Waals surface area contributed by atoms with Gasteiger partial charge in [-0.15, -0.1) is 0 Å². The van der Waals surface area contributed by atoms with Crippen LogP contribution in [0, 0.1) is 17.8 Å². The zero-order valence-corrected chi connectivity index (χ0v) is 17.0. The maximum absolute atomic E-state index is 13.6. The molecule has 1 aromatic rings. The molecular formula is C23H32F3N3. The number of likely N-dealkylation sites (tertiary alicyclic amines) is 1. The highest BCUT2D eigenvalue weighted by Crippen LogP contribution is 2.51. The molecule has 0 spiro atoms. The van der Waals surface area contributed by atoms with Gasteiger partial charge in [-0.05, 0) is 62.5 Å². The number of benzene rings is 1. The highest BCUT2D eigenvalue weighted by molar-refractivity contribution is 5.74. The summed E-state index contributed by atoms with van der Waals surface area (Å²) in [6.07, 6.45) is 3.10. The minimum Gasteiger partial charge on any atom is -0.366 e. The van der Waals surface area contributed by atoms with Crippen molar-refractivity contribution in [1.29, 1.82) is 0 Å². The molecule has 29 heavy (non-hydrogen) atoms. The van der Waals surface area contributed by atoms with Crippen LogP contribution in [-0.4, -0.2) is 42.9 Å². The van der Waals surface area contributed by atoms with E-state index in [2.05, 4.69) is 39.4 Å². The van der Waals surface area contributed by atoms with Crippen LogP contribution in [0.25, 0.3) is 0 Å². The van der Waals surface area contributed by atoms with E-state index in [0.717, 1.165) is 64.7 Å². The summed E-state index contributed by atoms with van der Waals surface area (Å²) in [5, 5.41) is 3.48. The van der Waals surface area contributed by atoms with Crippen LogP contribution in [0.5, 0.6) is 0 Å². The lowest BCUT2D eigenvalue weighted by atomic mass is 9.63. The van der Waals surface area contributed by atoms with Gasteiger partial charge in [0.05, 0.1) is 24.0 Å². The zero-order valence-electron chi connectivity index (χ0n) is 17.0. The summed E-state index contributed by atoms with van der Waals surface area (Å²) < 4.78 is 40.8. The fraction of sp³-hybridized carbons (Fsp3) is 0.739. The fourth-order valence-electron chi connectivity index (χ4n) is 6.81. The molecule has 6 heteroatoms. The predicted molar refractivity (Wildman–Crippen MR) is 110 cm³/mol. The summed E-state index contributed by atoms with van der Waals surface area (Å²) in [4.78, 5) is 5.04. The normalized spacial score (nSPS) is 33.8. The van der Waals surface area contributed by atoms with Gasteiger partial charge in [-0.1, -0.05) is 25.0 Å². The Morgan fingerprint density at radius 1 is 0.862 bits per heavy atom. The summed E-state index contributed by atoms with van der Waals surface area (Å²) in [5.74, 6) is -0.960. The van der Waals surface area contributed by atoms with E-state index in [0.29, 0.717) is 18.5 Å². The number of hydrogen-bond acceptors (Lipinski definition) is 3. The first kappa shape index (κ1) is 19.5. The van der Waals surface area contributed by atoms with Crippen LogP contribution in [0.4, 0.5) is 24.5 Å². The van der Waals surface area contributed by atoms with Crippen molar-refractivity contribution in [3.8, 4) is 0 Å². The molecule has 0 amide bonds. The number of anilines is 2. The van der Waals surface area contributed by atoms with Gasteiger partial charge in [0.15, 0.2) is 0 Å². The number of hydrogen-bond donors (Lipinski definition) is 1. The summed E-state index contributed by atoms with van der Waals surface area (Å²) in [5.41, 5.74) is 2.51. The average molecular weight is 408 g/mol. The van der Waals surface area contributed by atoms with E-state index in [1.807, 2.05) is 0 Å². The molecule has 2 saturated carbocycles. The fourth-order valence-corrected chi connectivity index (χ4v) is 6.81. The molecule has 0 aromatic heterocycles. The lowest BCUT2D eigenvalue weighted by Gasteiger charge is -2.51. The summed E-state index contributed by atoms with van der Waals surface area (Å²) in [6, 6.07) is 9.37. The van der Waals surface area contributed by atoms with Crippen molar-refractivity contribution in [1.82, 2.24) is 4.90 Å². The van der Waals surface area contributed by atoms with E-state index in [4.69, 9.17) is 0 Å². The molecule has 1 saturated heterocycles. The molecule has 0 radical (unpaired) electrons. The SMILES string of the molecule is FC(F)(F)C1CCCC2C1CCCC2N1CCC(N2CNc3ccccc32)CC1. The van der Waals surface area contributed by atoms with Crippen LogP contribution < -0.4 is 10.2 Å². The van der Waals surface area contributed by atoms with E-state index < -0.39 is 12.1 Å². The Morgan fingerprint density at radius 2 is 1.59 bits per heavy atom. The smallest absolute Gasteiger partial charge is 0.366 e. The van der Waals surface area contributed by atoms with Gasteiger partial charge in [0.1, 0.15) is 0 Å². The van der Waals surface area contributed by atoms with Gasteiger partial charge in [0.2, 0.25) is 0 Å². The van der Waals surface area contributed by atoms with Crippen LogP contribution in [-0.2, 0) is 0 Å². The standard InChI is InChI=1S/C23H32F3N3/c24-23(25,26)19-7-3-6-18-17(19)5-4-10-21(18)28-13-11-16(12-14-28)29-15-27-20-8-1-2-9-22(20)29/h1-2,8-9,16-19,21,27H,3-7,10-15H2. The molecule has 2 heterocycles. The first-order valence-corrected chi connectivity index (χ1v) is 11.4. The minimum atomic E-state index is -4.02. The van der Waals surface area contributed by atoms with Crippen LogP contribution in [0.2, 0.25) is 0 Å². The van der Waals surface area contributed by atoms with Crippen molar-refractivity contribution in [3.05, 3.63) is 24.3 Å². The molecule has 160 valence electrons. The molecule has 3 fully saturated rings. The predicted octanol–water partition coefficient (Wildman–Crippen LogP) is 5.49. The van der Waals surface area contributed by atoms with E-state index in [1.54, 1.807) is 0 Å². The number of rotatable bonds is 2. The van der Waals surface area contributed by atoms with Crippen LogP contribution in [0.3, 0.4) is 0 Å². The largest absolute Gasteiger partial charge is 0.392 e. The molecule has 1 N–H and O–H groups in total. The Kier molecular flexibility index (Phi) is 5.17. The third kappa shape index (κ3) is 3.62. The van der Waals surface area contributed by atoms with E-state index in [1.165, 1.54) is 11.4 Å². The second-order valence-corrected chi connectivity index (χ2v) is 9.49. The Labute approximate surface area is 171 Å². The van der Waals surface area contributed by atoms with Gasteiger partial charge in [-0.25, -0.2) is 0 Å². The number of alkyl halides is 3. The lowest BCUT2D eigenvalue weighted by molar-refractivity contribution is -0.210. The Hall–Kier alpha value is -1.43. The van der Waals surface area contributed by atoms with Crippen LogP contribution in [0.15, 0.2) is 24.3 Å².